The summed E-state index contributed by atoms with van der Waals surface area (Å²) in [7, 11) is 0. The van der Waals surface area contributed by atoms with Gasteiger partial charge in [0.1, 0.15) is 23.2 Å². The van der Waals surface area contributed by atoms with Gasteiger partial charge in [0.25, 0.3) is 0 Å². The van der Waals surface area contributed by atoms with Crippen molar-refractivity contribution in [2.45, 2.75) is 6.17 Å². The molecule has 1 aliphatic heterocycles. The second-order valence-corrected chi connectivity index (χ2v) is 12.9. The molecule has 1 unspecified atom stereocenters. The third kappa shape index (κ3) is 5.06. The van der Waals surface area contributed by atoms with E-state index in [1.165, 1.54) is 10.8 Å². The molecular formula is C46H30N4O. The van der Waals surface area contributed by atoms with Crippen LogP contribution in [0.2, 0.25) is 0 Å². The highest BCUT2D eigenvalue weighted by molar-refractivity contribution is 6.21. The van der Waals surface area contributed by atoms with Crippen LogP contribution in [0.5, 0.6) is 0 Å². The third-order valence-electron chi connectivity index (χ3n) is 9.77. The molecule has 5 heteroatoms. The Kier molecular flexibility index (Phi) is 6.81. The average Bonchev–Trinajstić information content (AvgIpc) is 3.58. The van der Waals surface area contributed by atoms with Crippen molar-refractivity contribution in [1.82, 2.24) is 10.3 Å². The average molecular weight is 655 g/mol. The lowest BCUT2D eigenvalue weighted by molar-refractivity contribution is 0.670. The fraction of sp³-hybridized carbons (Fsp3) is 0.0217. The number of benzene rings is 7. The van der Waals surface area contributed by atoms with Crippen LogP contribution in [-0.4, -0.2) is 16.7 Å². The summed E-state index contributed by atoms with van der Waals surface area (Å²) in [5, 5.41) is 9.25. The minimum Gasteiger partial charge on any atom is -0.455 e. The number of aliphatic imine (C=N–C) groups is 2. The molecule has 1 aliphatic rings. The Morgan fingerprint density at radius 1 is 0.529 bits per heavy atom. The number of hydrogen-bond acceptors (Lipinski definition) is 5. The minimum absolute atomic E-state index is 0.300. The van der Waals surface area contributed by atoms with Crippen LogP contribution in [0.3, 0.4) is 0 Å². The predicted octanol–water partition coefficient (Wildman–Crippen LogP) is 11.1. The van der Waals surface area contributed by atoms with Crippen molar-refractivity contribution in [3.8, 4) is 22.3 Å². The topological polar surface area (TPSA) is 62.8 Å². The normalized spacial score (nSPS) is 14.5. The molecule has 7 aromatic carbocycles. The molecule has 10 rings (SSSR count). The zero-order valence-corrected chi connectivity index (χ0v) is 27.5. The van der Waals surface area contributed by atoms with E-state index in [-0.39, 0.29) is 6.17 Å². The molecule has 0 fully saturated rings. The predicted molar refractivity (Wildman–Crippen MR) is 209 cm³/mol. The van der Waals surface area contributed by atoms with Gasteiger partial charge in [0.15, 0.2) is 5.84 Å². The van der Waals surface area contributed by atoms with Gasteiger partial charge < -0.3 is 9.73 Å². The van der Waals surface area contributed by atoms with E-state index in [0.29, 0.717) is 5.84 Å². The van der Waals surface area contributed by atoms with E-state index < -0.39 is 0 Å². The molecule has 9 aromatic rings. The maximum absolute atomic E-state index is 6.85. The standard InChI is InChI=1S/C46H30N4O/c1-3-13-30(14-4-1)44-48-45(31-15-5-2-6-16-31)50-46(49-44)38-20-10-9-19-36(38)37-24-23-35(33-22-21-29-12-7-8-17-32(29)26-33)43-42(37)39-27-34-18-11-25-47-40(34)28-41(39)51-43/h1-28,44H,(H,48,49,50). The van der Waals surface area contributed by atoms with Crippen LogP contribution in [0.4, 0.5) is 0 Å². The van der Waals surface area contributed by atoms with Gasteiger partial charge in [-0.1, -0.05) is 133 Å². The molecule has 0 saturated heterocycles. The molecule has 0 bridgehead atoms. The highest BCUT2D eigenvalue weighted by atomic mass is 16.3. The second-order valence-electron chi connectivity index (χ2n) is 12.9. The summed E-state index contributed by atoms with van der Waals surface area (Å²) < 4.78 is 6.85. The van der Waals surface area contributed by atoms with Gasteiger partial charge >= 0.3 is 0 Å². The number of aromatic nitrogens is 1. The zero-order chi connectivity index (χ0) is 33.7. The first-order chi connectivity index (χ1) is 25.3. The van der Waals surface area contributed by atoms with Gasteiger partial charge in [0, 0.05) is 45.1 Å². The Labute approximate surface area is 294 Å². The van der Waals surface area contributed by atoms with Gasteiger partial charge in [-0.25, -0.2) is 9.98 Å². The maximum Gasteiger partial charge on any atom is 0.159 e. The molecule has 1 atom stereocenters. The van der Waals surface area contributed by atoms with Crippen molar-refractivity contribution in [2.24, 2.45) is 9.98 Å². The minimum atomic E-state index is -0.300. The molecule has 2 aromatic heterocycles. The number of amidine groups is 2. The lowest BCUT2D eigenvalue weighted by atomic mass is 9.91. The van der Waals surface area contributed by atoms with E-state index in [1.807, 2.05) is 48.7 Å². The largest absolute Gasteiger partial charge is 0.455 e. The molecule has 0 radical (unpaired) electrons. The Morgan fingerprint density at radius 2 is 1.25 bits per heavy atom. The van der Waals surface area contributed by atoms with E-state index >= 15 is 0 Å². The molecule has 0 saturated carbocycles. The first-order valence-corrected chi connectivity index (χ1v) is 17.1. The van der Waals surface area contributed by atoms with Crippen LogP contribution in [0.25, 0.3) is 65.9 Å². The summed E-state index contributed by atoms with van der Waals surface area (Å²) in [4.78, 5) is 14.9. The fourth-order valence-corrected chi connectivity index (χ4v) is 7.29. The summed E-state index contributed by atoms with van der Waals surface area (Å²) in [5.41, 5.74) is 9.84. The molecular weight excluding hydrogens is 625 g/mol. The SMILES string of the molecule is c1ccc(C2=NC(c3ccccc3)NC(c3ccccc3-c3ccc(-c4ccc5ccccc5c4)c4oc5cc6ncccc6cc5c34)=N2)cc1. The Balaban J connectivity index is 1.21. The lowest BCUT2D eigenvalue weighted by Gasteiger charge is -2.25. The Morgan fingerprint density at radius 3 is 2.12 bits per heavy atom. The molecule has 3 heterocycles. The summed E-state index contributed by atoms with van der Waals surface area (Å²) in [6.07, 6.45) is 1.53. The summed E-state index contributed by atoms with van der Waals surface area (Å²) in [5.74, 6) is 1.46. The van der Waals surface area contributed by atoms with Gasteiger partial charge in [-0.15, -0.1) is 0 Å². The summed E-state index contributed by atoms with van der Waals surface area (Å²) >= 11 is 0. The fourth-order valence-electron chi connectivity index (χ4n) is 7.29. The molecule has 0 aliphatic carbocycles. The van der Waals surface area contributed by atoms with Crippen molar-refractivity contribution in [1.29, 1.82) is 0 Å². The van der Waals surface area contributed by atoms with Gasteiger partial charge in [-0.3, -0.25) is 4.98 Å². The van der Waals surface area contributed by atoms with Crippen LogP contribution < -0.4 is 5.32 Å². The second kappa shape index (κ2) is 11.9. The molecule has 240 valence electrons. The number of rotatable bonds is 5. The van der Waals surface area contributed by atoms with Crippen LogP contribution in [0.15, 0.2) is 184 Å². The highest BCUT2D eigenvalue weighted by Crippen LogP contribution is 2.44. The van der Waals surface area contributed by atoms with E-state index in [4.69, 9.17) is 14.4 Å². The quantitative estimate of drug-likeness (QED) is 0.201. The van der Waals surface area contributed by atoms with E-state index in [1.54, 1.807) is 0 Å². The van der Waals surface area contributed by atoms with Crippen molar-refractivity contribution in [3.63, 3.8) is 0 Å². The van der Waals surface area contributed by atoms with Crippen molar-refractivity contribution >= 4 is 55.3 Å². The summed E-state index contributed by atoms with van der Waals surface area (Å²) in [6.45, 7) is 0. The number of fused-ring (bicyclic) bond motifs is 5. The van der Waals surface area contributed by atoms with Crippen LogP contribution in [0, 0.1) is 0 Å². The van der Waals surface area contributed by atoms with Crippen molar-refractivity contribution in [2.75, 3.05) is 0 Å². The first kappa shape index (κ1) is 29.1. The van der Waals surface area contributed by atoms with Crippen molar-refractivity contribution < 1.29 is 4.42 Å². The molecule has 0 spiro atoms. The first-order valence-electron chi connectivity index (χ1n) is 17.1. The Hall–Kier alpha value is -6.85. The third-order valence-corrected chi connectivity index (χ3v) is 9.77. The van der Waals surface area contributed by atoms with Crippen LogP contribution in [0.1, 0.15) is 22.9 Å². The van der Waals surface area contributed by atoms with Crippen molar-refractivity contribution in [3.05, 3.63) is 187 Å². The van der Waals surface area contributed by atoms with E-state index in [9.17, 15) is 0 Å². The number of pyridine rings is 1. The molecule has 1 N–H and O–H groups in total. The van der Waals surface area contributed by atoms with Crippen LogP contribution >= 0.6 is 0 Å². The molecule has 51 heavy (non-hydrogen) atoms. The highest BCUT2D eigenvalue weighted by Gasteiger charge is 2.25. The Bertz CT molecular complexity index is 2840. The number of nitrogens with zero attached hydrogens (tertiary/aromatic N) is 3. The summed E-state index contributed by atoms with van der Waals surface area (Å²) in [6, 6.07) is 56.9. The van der Waals surface area contributed by atoms with Gasteiger partial charge in [0.2, 0.25) is 0 Å². The van der Waals surface area contributed by atoms with Gasteiger partial charge in [-0.05, 0) is 57.3 Å². The van der Waals surface area contributed by atoms with Gasteiger partial charge in [-0.2, -0.15) is 0 Å². The lowest BCUT2D eigenvalue weighted by Crippen LogP contribution is -2.33. The maximum atomic E-state index is 6.85. The smallest absolute Gasteiger partial charge is 0.159 e. The van der Waals surface area contributed by atoms with Crippen LogP contribution in [-0.2, 0) is 0 Å². The van der Waals surface area contributed by atoms with E-state index in [0.717, 1.165) is 77.6 Å². The number of furan rings is 1. The van der Waals surface area contributed by atoms with Gasteiger partial charge in [0.05, 0.1) is 5.52 Å². The van der Waals surface area contributed by atoms with E-state index in [2.05, 4.69) is 132 Å². The molecule has 0 amide bonds. The monoisotopic (exact) mass is 654 g/mol. The molecule has 5 nitrogen and oxygen atoms in total. The number of nitrogens with one attached hydrogen (secondary N) is 1. The number of hydrogen-bond donors (Lipinski definition) is 1. The zero-order valence-electron chi connectivity index (χ0n) is 27.5.